The molecule has 0 radical (unpaired) electrons. The van der Waals surface area contributed by atoms with Crippen LogP contribution < -0.4 is 0 Å². The number of nitro benzene ring substituents is 1. The van der Waals surface area contributed by atoms with Crippen molar-refractivity contribution in [1.29, 1.82) is 5.26 Å². The van der Waals surface area contributed by atoms with Gasteiger partial charge in [-0.15, -0.1) is 0 Å². The second-order valence-electron chi connectivity index (χ2n) is 3.65. The van der Waals surface area contributed by atoms with Crippen LogP contribution >= 0.6 is 0 Å². The molecule has 0 saturated heterocycles. The minimum absolute atomic E-state index is 0.315. The van der Waals surface area contributed by atoms with Gasteiger partial charge in [-0.3, -0.25) is 14.9 Å². The number of rotatable bonds is 4. The van der Waals surface area contributed by atoms with E-state index in [1.54, 1.807) is 0 Å². The molecule has 0 saturated carbocycles. The first kappa shape index (κ1) is 14.6. The molecule has 19 heavy (non-hydrogen) atoms. The molecule has 0 bridgehead atoms. The van der Waals surface area contributed by atoms with E-state index in [9.17, 15) is 23.3 Å². The minimum Gasteiger partial charge on any atom is -0.480 e. The molecular weight excluding hydrogens is 276 g/mol. The highest BCUT2D eigenvalue weighted by atomic mass is 32.2. The maximum atomic E-state index is 11.3. The van der Waals surface area contributed by atoms with Gasteiger partial charge in [-0.2, -0.15) is 5.26 Å². The van der Waals surface area contributed by atoms with Crippen molar-refractivity contribution in [2.75, 3.05) is 6.26 Å². The summed E-state index contributed by atoms with van der Waals surface area (Å²) in [6, 6.07) is 4.17. The smallest absolute Gasteiger partial charge is 0.325 e. The van der Waals surface area contributed by atoms with Crippen molar-refractivity contribution in [2.24, 2.45) is 0 Å². The lowest BCUT2D eigenvalue weighted by molar-refractivity contribution is -0.385. The fourth-order valence-corrected chi connectivity index (χ4v) is 2.06. The van der Waals surface area contributed by atoms with Crippen molar-refractivity contribution in [1.82, 2.24) is 0 Å². The Kier molecular flexibility index (Phi) is 3.86. The van der Waals surface area contributed by atoms with E-state index in [1.807, 2.05) is 0 Å². The third-order valence-corrected chi connectivity index (χ3v) is 3.42. The normalized spacial score (nSPS) is 12.4. The van der Waals surface area contributed by atoms with Crippen molar-refractivity contribution < 1.29 is 23.2 Å². The molecule has 8 nitrogen and oxygen atoms in total. The Labute approximate surface area is 108 Å². The van der Waals surface area contributed by atoms with Gasteiger partial charge in [0.05, 0.1) is 21.5 Å². The Morgan fingerprint density at radius 3 is 2.47 bits per heavy atom. The van der Waals surface area contributed by atoms with Gasteiger partial charge in [-0.05, 0) is 12.1 Å². The monoisotopic (exact) mass is 284 g/mol. The number of sulfone groups is 1. The van der Waals surface area contributed by atoms with Gasteiger partial charge in [0.25, 0.3) is 5.69 Å². The molecule has 0 aliphatic carbocycles. The zero-order valence-electron chi connectivity index (χ0n) is 9.60. The highest BCUT2D eigenvalue weighted by molar-refractivity contribution is 7.90. The molecule has 1 aromatic carbocycles. The number of hydrogen-bond donors (Lipinski definition) is 1. The lowest BCUT2D eigenvalue weighted by atomic mass is 9.99. The third kappa shape index (κ3) is 3.05. The second kappa shape index (κ2) is 5.03. The van der Waals surface area contributed by atoms with Gasteiger partial charge < -0.3 is 5.11 Å². The number of hydrogen-bond acceptors (Lipinski definition) is 6. The first-order valence-corrected chi connectivity index (χ1v) is 6.68. The maximum absolute atomic E-state index is 11.3. The highest BCUT2D eigenvalue weighted by Gasteiger charge is 2.29. The van der Waals surface area contributed by atoms with Gasteiger partial charge in [0.2, 0.25) is 0 Å². The summed E-state index contributed by atoms with van der Waals surface area (Å²) in [5.41, 5.74) is -1.07. The molecule has 1 N–H and O–H groups in total. The fraction of sp³-hybridized carbons (Fsp3) is 0.200. The number of benzene rings is 1. The Morgan fingerprint density at radius 2 is 2.11 bits per heavy atom. The van der Waals surface area contributed by atoms with Crippen LogP contribution in [0.15, 0.2) is 23.1 Å². The standard InChI is InChI=1S/C10H8N2O6S/c1-19(17,18)6-2-3-7(8(5-11)10(13)14)9(4-6)12(15)16/h2-4,8H,1H3,(H,13,14). The largest absolute Gasteiger partial charge is 0.480 e. The van der Waals surface area contributed by atoms with E-state index in [2.05, 4.69) is 0 Å². The van der Waals surface area contributed by atoms with E-state index >= 15 is 0 Å². The molecule has 0 aliphatic heterocycles. The van der Waals surface area contributed by atoms with Crippen LogP contribution in [0.4, 0.5) is 5.69 Å². The quantitative estimate of drug-likeness (QED) is 0.633. The Morgan fingerprint density at radius 1 is 1.53 bits per heavy atom. The summed E-state index contributed by atoms with van der Waals surface area (Å²) in [7, 11) is -3.66. The van der Waals surface area contributed by atoms with E-state index in [-0.39, 0.29) is 10.5 Å². The summed E-state index contributed by atoms with van der Waals surface area (Å²) < 4.78 is 22.6. The number of carboxylic acids is 1. The van der Waals surface area contributed by atoms with E-state index in [0.29, 0.717) is 0 Å². The number of nitriles is 1. The zero-order chi connectivity index (χ0) is 14.8. The molecule has 1 aromatic rings. The number of aliphatic carboxylic acids is 1. The predicted octanol–water partition coefficient (Wildman–Crippen LogP) is 0.690. The predicted molar refractivity (Wildman–Crippen MR) is 62.2 cm³/mol. The summed E-state index contributed by atoms with van der Waals surface area (Å²) in [5.74, 6) is -3.27. The lowest BCUT2D eigenvalue weighted by Gasteiger charge is -2.06. The molecule has 1 unspecified atom stereocenters. The molecule has 0 aromatic heterocycles. The molecule has 100 valence electrons. The Bertz CT molecular complexity index is 688. The zero-order valence-corrected chi connectivity index (χ0v) is 10.4. The Balaban J connectivity index is 3.57. The van der Waals surface area contributed by atoms with Gasteiger partial charge >= 0.3 is 5.97 Å². The second-order valence-corrected chi connectivity index (χ2v) is 5.67. The average molecular weight is 284 g/mol. The van der Waals surface area contributed by atoms with Crippen molar-refractivity contribution >= 4 is 21.5 Å². The molecule has 0 fully saturated rings. The molecule has 0 heterocycles. The van der Waals surface area contributed by atoms with Crippen molar-refractivity contribution in [3.05, 3.63) is 33.9 Å². The maximum Gasteiger partial charge on any atom is 0.325 e. The van der Waals surface area contributed by atoms with Gasteiger partial charge in [0.15, 0.2) is 15.8 Å². The van der Waals surface area contributed by atoms with Gasteiger partial charge in [0, 0.05) is 12.3 Å². The molecule has 1 atom stereocenters. The van der Waals surface area contributed by atoms with Crippen LogP contribution in [0.5, 0.6) is 0 Å². The van der Waals surface area contributed by atoms with Crippen LogP contribution in [0, 0.1) is 21.4 Å². The summed E-state index contributed by atoms with van der Waals surface area (Å²) in [4.78, 5) is 20.4. The number of nitrogens with zero attached hydrogens (tertiary/aromatic N) is 2. The van der Waals surface area contributed by atoms with E-state index < -0.39 is 32.3 Å². The topological polar surface area (TPSA) is 138 Å². The van der Waals surface area contributed by atoms with Crippen LogP contribution in [0.25, 0.3) is 0 Å². The lowest BCUT2D eigenvalue weighted by Crippen LogP contribution is -2.12. The summed E-state index contributed by atoms with van der Waals surface area (Å²) in [5, 5.41) is 28.4. The average Bonchev–Trinajstić information content (AvgIpc) is 2.28. The van der Waals surface area contributed by atoms with Crippen LogP contribution in [-0.4, -0.2) is 30.7 Å². The Hall–Kier alpha value is -2.47. The minimum atomic E-state index is -3.66. The number of nitro groups is 1. The first-order chi connectivity index (χ1) is 8.68. The van der Waals surface area contributed by atoms with Crippen LogP contribution in [0.3, 0.4) is 0 Å². The van der Waals surface area contributed by atoms with E-state index in [4.69, 9.17) is 10.4 Å². The van der Waals surface area contributed by atoms with Crippen molar-refractivity contribution in [3.8, 4) is 6.07 Å². The molecule has 9 heteroatoms. The number of carboxylic acid groups (broad SMARTS) is 1. The number of carbonyl (C=O) groups is 1. The van der Waals surface area contributed by atoms with Gasteiger partial charge in [0.1, 0.15) is 0 Å². The summed E-state index contributed by atoms with van der Waals surface area (Å²) in [6.07, 6.45) is 0.866. The molecule has 1 rings (SSSR count). The van der Waals surface area contributed by atoms with Crippen LogP contribution in [0.1, 0.15) is 11.5 Å². The van der Waals surface area contributed by atoms with Crippen molar-refractivity contribution in [3.63, 3.8) is 0 Å². The SMILES string of the molecule is CS(=O)(=O)c1ccc(C(C#N)C(=O)O)c([N+](=O)[O-])c1. The highest BCUT2D eigenvalue weighted by Crippen LogP contribution is 2.29. The molecule has 0 spiro atoms. The summed E-state index contributed by atoms with van der Waals surface area (Å²) >= 11 is 0. The van der Waals surface area contributed by atoms with Crippen LogP contribution in [0.2, 0.25) is 0 Å². The van der Waals surface area contributed by atoms with Gasteiger partial charge in [-0.25, -0.2) is 8.42 Å². The van der Waals surface area contributed by atoms with Crippen molar-refractivity contribution in [2.45, 2.75) is 10.8 Å². The fourth-order valence-electron chi connectivity index (χ4n) is 1.41. The molecule has 0 aliphatic rings. The first-order valence-electron chi connectivity index (χ1n) is 4.79. The van der Waals surface area contributed by atoms with E-state index in [1.165, 1.54) is 6.07 Å². The summed E-state index contributed by atoms with van der Waals surface area (Å²) in [6.45, 7) is 0. The van der Waals surface area contributed by atoms with E-state index in [0.717, 1.165) is 24.5 Å². The van der Waals surface area contributed by atoms with Crippen LogP contribution in [-0.2, 0) is 14.6 Å². The van der Waals surface area contributed by atoms with Gasteiger partial charge in [-0.1, -0.05) is 0 Å². The molecular formula is C10H8N2O6S. The third-order valence-electron chi connectivity index (χ3n) is 2.31. The molecule has 0 amide bonds.